The first-order valence-corrected chi connectivity index (χ1v) is 27.1. The molecule has 4 unspecified atom stereocenters. The van der Waals surface area contributed by atoms with Crippen molar-refractivity contribution in [3.8, 4) is 0 Å². The summed E-state index contributed by atoms with van der Waals surface area (Å²) < 4.78 is 77.9. The summed E-state index contributed by atoms with van der Waals surface area (Å²) in [5, 5.41) is 109. The minimum Gasteiger partial charge on any atom is -0.394 e. The van der Waals surface area contributed by atoms with Gasteiger partial charge in [0.05, 0.1) is 26.4 Å². The largest absolute Gasteiger partial charge is 0.397 e. The number of unbranched alkanes of at least 4 members (excludes halogenated alkanes) is 12. The number of nitrogens with one attached hydrogen (secondary N) is 4. The third-order valence-electron chi connectivity index (χ3n) is 13.5. The number of ether oxygens (including phenoxy) is 7. The molecule has 0 aromatic carbocycles. The van der Waals surface area contributed by atoms with Gasteiger partial charge >= 0.3 is 10.4 Å². The van der Waals surface area contributed by atoms with E-state index >= 15 is 0 Å². The van der Waals surface area contributed by atoms with Gasteiger partial charge in [0, 0.05) is 27.2 Å². The van der Waals surface area contributed by atoms with Crippen LogP contribution in [0.5, 0.6) is 0 Å². The van der Waals surface area contributed by atoms with E-state index in [2.05, 4.69) is 32.4 Å². The lowest BCUT2D eigenvalue weighted by molar-refractivity contribution is -0.361. The first-order valence-electron chi connectivity index (χ1n) is 25.8. The number of carbonyl (C=O) groups excluding carboxylic acids is 4. The summed E-state index contributed by atoms with van der Waals surface area (Å²) >= 11 is 0. The van der Waals surface area contributed by atoms with Gasteiger partial charge in [0.2, 0.25) is 23.6 Å². The van der Waals surface area contributed by atoms with E-state index in [0.29, 0.717) is 6.42 Å². The highest BCUT2D eigenvalue weighted by Gasteiger charge is 2.56. The van der Waals surface area contributed by atoms with Gasteiger partial charge in [0.1, 0.15) is 97.4 Å². The molecule has 0 radical (unpaired) electrons. The van der Waals surface area contributed by atoms with Crippen LogP contribution in [0.1, 0.15) is 118 Å². The second-order valence-corrected chi connectivity index (χ2v) is 20.6. The van der Waals surface area contributed by atoms with Crippen molar-refractivity contribution in [2.24, 2.45) is 0 Å². The SMILES string of the molecule is CCCCCCCCCCCCCCCC(=O)NC1[C@H](O[C@H]2C(O)[C@@H](NC(C)=O)[C@H](O[C@H]3[C@H](O)[C@@H](NC(C)=O)[C@H](O[C@H]4C(O)[C@@H](NC(C)=O)[C@H](O)O[C@@H]4COS(=O)(=O)O)O[C@@H]3CO)O[C@@H]2CO)O[C@H](CO)C(O)[C@@H]1O. The van der Waals surface area contributed by atoms with Gasteiger partial charge in [-0.2, -0.15) is 8.42 Å². The Labute approximate surface area is 436 Å². The molecule has 0 spiro atoms. The lowest BCUT2D eigenvalue weighted by Gasteiger charge is -2.51. The van der Waals surface area contributed by atoms with Gasteiger partial charge in [-0.1, -0.05) is 84.0 Å². The summed E-state index contributed by atoms with van der Waals surface area (Å²) in [6.45, 7) is 1.43. The van der Waals surface area contributed by atoms with Crippen molar-refractivity contribution in [2.75, 3.05) is 26.4 Å². The van der Waals surface area contributed by atoms with Crippen LogP contribution in [0, 0.1) is 0 Å². The van der Waals surface area contributed by atoms with Gasteiger partial charge in [-0.15, -0.1) is 0 Å². The van der Waals surface area contributed by atoms with Crippen molar-refractivity contribution in [1.82, 2.24) is 21.3 Å². The molecule has 4 amide bonds. The van der Waals surface area contributed by atoms with Crippen LogP contribution in [0.15, 0.2) is 0 Å². The van der Waals surface area contributed by atoms with Crippen molar-refractivity contribution >= 4 is 34.0 Å². The third kappa shape index (κ3) is 19.5. The second-order valence-electron chi connectivity index (χ2n) is 19.5. The molecule has 4 fully saturated rings. The quantitative estimate of drug-likeness (QED) is 0.0242. The molecule has 4 rings (SSSR count). The third-order valence-corrected chi connectivity index (χ3v) is 13.9. The second kappa shape index (κ2) is 31.6. The molecule has 4 heterocycles. The Morgan fingerprint density at radius 2 is 0.827 bits per heavy atom. The first kappa shape index (κ1) is 64.6. The maximum atomic E-state index is 13.3. The Kier molecular flexibility index (Phi) is 27.3. The molecule has 29 heteroatoms. The molecule has 28 nitrogen and oxygen atoms in total. The first-order chi connectivity index (χ1) is 35.5. The molecule has 4 saturated heterocycles. The van der Waals surface area contributed by atoms with Crippen molar-refractivity contribution < 1.29 is 115 Å². The summed E-state index contributed by atoms with van der Waals surface area (Å²) in [4.78, 5) is 50.5. The van der Waals surface area contributed by atoms with E-state index in [0.717, 1.165) is 52.9 Å². The summed E-state index contributed by atoms with van der Waals surface area (Å²) in [5.74, 6) is -2.90. The van der Waals surface area contributed by atoms with Crippen LogP contribution in [-0.4, -0.2) is 232 Å². The molecule has 4 aliphatic rings. The Bertz CT molecular complexity index is 1860. The van der Waals surface area contributed by atoms with E-state index in [-0.39, 0.29) is 6.42 Å². The predicted molar refractivity (Wildman–Crippen MR) is 255 cm³/mol. The van der Waals surface area contributed by atoms with Gasteiger partial charge in [-0.3, -0.25) is 23.7 Å². The van der Waals surface area contributed by atoms with Gasteiger partial charge in [0.15, 0.2) is 25.2 Å². The van der Waals surface area contributed by atoms with Crippen LogP contribution in [0.3, 0.4) is 0 Å². The fourth-order valence-electron chi connectivity index (χ4n) is 9.64. The summed E-state index contributed by atoms with van der Waals surface area (Å²) in [6.07, 6.45) is -14.6. The molecule has 75 heavy (non-hydrogen) atoms. The zero-order chi connectivity index (χ0) is 55.6. The smallest absolute Gasteiger partial charge is 0.394 e. The van der Waals surface area contributed by atoms with E-state index in [1.54, 1.807) is 0 Å². The van der Waals surface area contributed by atoms with Gasteiger partial charge in [-0.25, -0.2) is 4.18 Å². The van der Waals surface area contributed by atoms with Crippen LogP contribution in [-0.2, 0) is 66.9 Å². The van der Waals surface area contributed by atoms with E-state index in [1.807, 2.05) is 0 Å². The average molecular weight is 1110 g/mol. The fourth-order valence-corrected chi connectivity index (χ4v) is 9.94. The van der Waals surface area contributed by atoms with E-state index < -0.39 is 183 Å². The zero-order valence-corrected chi connectivity index (χ0v) is 43.7. The number of aliphatic hydroxyl groups is 9. The lowest BCUT2D eigenvalue weighted by Crippen LogP contribution is -2.71. The number of rotatable bonds is 30. The molecule has 0 aromatic rings. The maximum Gasteiger partial charge on any atom is 0.397 e. The Morgan fingerprint density at radius 3 is 1.23 bits per heavy atom. The van der Waals surface area contributed by atoms with Gasteiger partial charge in [0.25, 0.3) is 0 Å². The molecule has 0 saturated carbocycles. The minimum atomic E-state index is -5.15. The van der Waals surface area contributed by atoms with Crippen molar-refractivity contribution in [2.45, 2.75) is 240 Å². The highest BCUT2D eigenvalue weighted by atomic mass is 32.3. The molecule has 14 N–H and O–H groups in total. The molecule has 0 bridgehead atoms. The fraction of sp³-hybridized carbons (Fsp3) is 0.913. The number of aliphatic hydroxyl groups excluding tert-OH is 9. The monoisotopic (exact) mass is 1110 g/mol. The highest BCUT2D eigenvalue weighted by Crippen LogP contribution is 2.35. The maximum absolute atomic E-state index is 13.3. The molecular weight excluding hydrogens is 1020 g/mol. The Hall–Kier alpha value is -2.89. The van der Waals surface area contributed by atoms with Crippen LogP contribution in [0.25, 0.3) is 0 Å². The molecule has 0 aliphatic carbocycles. The molecule has 0 aromatic heterocycles. The van der Waals surface area contributed by atoms with Crippen molar-refractivity contribution in [3.05, 3.63) is 0 Å². The van der Waals surface area contributed by atoms with Gasteiger partial charge < -0.3 is 100 Å². The standard InChI is InChI=1S/C46H82N4O24S/c1-5-6-7-8-9-10-11-12-13-14-15-16-17-18-30(57)50-32-36(59)35(58)26(19-51)69-44(32)72-40-27(20-52)70-45(33(38(40)61)48-24(3)55)73-41-28(21-53)71-46(34(39(41)62)49-25(4)56)74-42-29(22-67-75(64,65)66)68-43(63)31(37(42)60)47-23(2)54/h26-29,31-46,51-53,58-63H,5-22H2,1-4H3,(H,47,54)(H,48,55)(H,49,56)(H,50,57)(H,64,65,66)/t26-,27-,28-,29-,31-,32?,33-,34-,35?,36-,37?,38?,39-,40-,41-,42-,43-,44+,45+,46+/m1/s1. The van der Waals surface area contributed by atoms with Crippen LogP contribution in [0.2, 0.25) is 0 Å². The Balaban J connectivity index is 1.49. The molecule has 4 aliphatic heterocycles. The topological polar surface area (TPSA) is 427 Å². The number of hydrogen-bond donors (Lipinski definition) is 14. The molecular formula is C46H82N4O24S. The number of amides is 4. The normalized spacial score (nSPS) is 36.3. The van der Waals surface area contributed by atoms with E-state index in [4.69, 9.17) is 33.2 Å². The molecule has 436 valence electrons. The summed E-state index contributed by atoms with van der Waals surface area (Å²) in [5.41, 5.74) is 0. The highest BCUT2D eigenvalue weighted by molar-refractivity contribution is 7.80. The van der Waals surface area contributed by atoms with E-state index in [9.17, 15) is 78.1 Å². The number of hydrogen-bond acceptors (Lipinski definition) is 23. The van der Waals surface area contributed by atoms with Crippen molar-refractivity contribution in [1.29, 1.82) is 0 Å². The van der Waals surface area contributed by atoms with Gasteiger partial charge in [-0.05, 0) is 6.42 Å². The average Bonchev–Trinajstić information content (AvgIpc) is 3.34. The summed E-state index contributed by atoms with van der Waals surface area (Å²) in [7, 11) is -5.15. The summed E-state index contributed by atoms with van der Waals surface area (Å²) in [6, 6.07) is -6.57. The van der Waals surface area contributed by atoms with Crippen LogP contribution in [0.4, 0.5) is 0 Å². The van der Waals surface area contributed by atoms with E-state index in [1.165, 1.54) is 44.9 Å². The lowest BCUT2D eigenvalue weighted by atomic mass is 9.93. The predicted octanol–water partition coefficient (Wildman–Crippen LogP) is -3.89. The zero-order valence-electron chi connectivity index (χ0n) is 42.9. The van der Waals surface area contributed by atoms with Crippen LogP contribution >= 0.6 is 0 Å². The van der Waals surface area contributed by atoms with Crippen molar-refractivity contribution in [3.63, 3.8) is 0 Å². The number of carbonyl (C=O) groups is 4. The van der Waals surface area contributed by atoms with Crippen LogP contribution < -0.4 is 21.3 Å². The minimum absolute atomic E-state index is 0.0409. The Morgan fingerprint density at radius 1 is 0.467 bits per heavy atom. The molecule has 20 atom stereocenters.